The SMILES string of the molecule is CN(C)c1cc[n+](/C=C(/O)c2ccc(Cl)cc2Cl)cc1. The van der Waals surface area contributed by atoms with Gasteiger partial charge in [-0.25, -0.2) is 0 Å². The third-order valence-corrected chi connectivity index (χ3v) is 3.38. The minimum absolute atomic E-state index is 0.0780. The van der Waals surface area contributed by atoms with E-state index in [9.17, 15) is 5.11 Å². The van der Waals surface area contributed by atoms with E-state index in [1.807, 2.05) is 43.5 Å². The van der Waals surface area contributed by atoms with Crippen LogP contribution < -0.4 is 9.47 Å². The molecule has 0 spiro atoms. The van der Waals surface area contributed by atoms with Gasteiger partial charge in [-0.15, -0.1) is 0 Å². The Morgan fingerprint density at radius 1 is 1.15 bits per heavy atom. The van der Waals surface area contributed by atoms with Gasteiger partial charge in [0.25, 0.3) is 0 Å². The van der Waals surface area contributed by atoms with E-state index in [0.717, 1.165) is 5.69 Å². The van der Waals surface area contributed by atoms with Gasteiger partial charge in [-0.05, 0) is 18.2 Å². The van der Waals surface area contributed by atoms with Crippen LogP contribution in [0.4, 0.5) is 5.69 Å². The second-order valence-electron chi connectivity index (χ2n) is 4.54. The molecule has 0 aliphatic rings. The number of anilines is 1. The molecule has 5 heteroatoms. The number of rotatable bonds is 3. The van der Waals surface area contributed by atoms with Crippen molar-refractivity contribution >= 4 is 40.8 Å². The Labute approximate surface area is 128 Å². The summed E-state index contributed by atoms with van der Waals surface area (Å²) in [5.74, 6) is 0.0780. The van der Waals surface area contributed by atoms with Crippen LogP contribution in [0.15, 0.2) is 42.7 Å². The quantitative estimate of drug-likeness (QED) is 0.688. The predicted octanol–water partition coefficient (Wildman–Crippen LogP) is 3.86. The number of aliphatic hydroxyl groups is 1. The lowest BCUT2D eigenvalue weighted by molar-refractivity contribution is -0.568. The lowest BCUT2D eigenvalue weighted by atomic mass is 10.2. The molecule has 0 aliphatic heterocycles. The number of hydrogen-bond acceptors (Lipinski definition) is 2. The Balaban J connectivity index is 2.29. The number of hydrogen-bond donors (Lipinski definition) is 1. The van der Waals surface area contributed by atoms with Crippen LogP contribution in [0.3, 0.4) is 0 Å². The largest absolute Gasteiger partial charge is 0.502 e. The van der Waals surface area contributed by atoms with Crippen molar-refractivity contribution in [2.45, 2.75) is 0 Å². The smallest absolute Gasteiger partial charge is 0.217 e. The third-order valence-electron chi connectivity index (χ3n) is 2.83. The zero-order valence-electron chi connectivity index (χ0n) is 11.2. The van der Waals surface area contributed by atoms with Gasteiger partial charge in [-0.3, -0.25) is 0 Å². The summed E-state index contributed by atoms with van der Waals surface area (Å²) in [5, 5.41) is 11.1. The second-order valence-corrected chi connectivity index (χ2v) is 5.38. The van der Waals surface area contributed by atoms with Crippen LogP contribution in [-0.2, 0) is 0 Å². The number of nitrogens with zero attached hydrogens (tertiary/aromatic N) is 2. The molecule has 0 saturated carbocycles. The van der Waals surface area contributed by atoms with Gasteiger partial charge in [0.1, 0.15) is 0 Å². The van der Waals surface area contributed by atoms with Crippen molar-refractivity contribution in [1.82, 2.24) is 0 Å². The Morgan fingerprint density at radius 2 is 1.80 bits per heavy atom. The molecule has 2 aromatic rings. The highest BCUT2D eigenvalue weighted by Gasteiger charge is 2.09. The molecule has 104 valence electrons. The fourth-order valence-electron chi connectivity index (χ4n) is 1.72. The molecule has 1 aromatic carbocycles. The molecule has 3 nitrogen and oxygen atoms in total. The van der Waals surface area contributed by atoms with Gasteiger partial charge in [-0.2, -0.15) is 4.57 Å². The molecule has 0 unspecified atom stereocenters. The number of aliphatic hydroxyl groups excluding tert-OH is 1. The van der Waals surface area contributed by atoms with Crippen LogP contribution in [0.25, 0.3) is 12.0 Å². The first-order valence-electron chi connectivity index (χ1n) is 6.01. The topological polar surface area (TPSA) is 27.4 Å². The second kappa shape index (κ2) is 6.16. The zero-order valence-corrected chi connectivity index (χ0v) is 12.7. The van der Waals surface area contributed by atoms with E-state index < -0.39 is 0 Å². The fourth-order valence-corrected chi connectivity index (χ4v) is 2.23. The van der Waals surface area contributed by atoms with Crippen molar-refractivity contribution in [1.29, 1.82) is 0 Å². The number of halogens is 2. The molecule has 0 bridgehead atoms. The van der Waals surface area contributed by atoms with Crippen molar-refractivity contribution in [2.24, 2.45) is 0 Å². The van der Waals surface area contributed by atoms with Crippen LogP contribution in [-0.4, -0.2) is 19.2 Å². The minimum atomic E-state index is 0.0780. The van der Waals surface area contributed by atoms with Gasteiger partial charge in [0, 0.05) is 42.5 Å². The molecular weight excluding hydrogens is 295 g/mol. The molecular formula is C15H15Cl2N2O+. The molecule has 0 saturated heterocycles. The summed E-state index contributed by atoms with van der Waals surface area (Å²) in [6.45, 7) is 0. The van der Waals surface area contributed by atoms with E-state index in [4.69, 9.17) is 23.2 Å². The third kappa shape index (κ3) is 3.44. The van der Waals surface area contributed by atoms with Crippen molar-refractivity contribution in [3.63, 3.8) is 0 Å². The highest BCUT2D eigenvalue weighted by Crippen LogP contribution is 2.25. The summed E-state index contributed by atoms with van der Waals surface area (Å²) in [5.41, 5.74) is 1.62. The first kappa shape index (κ1) is 14.7. The minimum Gasteiger partial charge on any atom is -0.502 e. The van der Waals surface area contributed by atoms with Crippen LogP contribution in [0, 0.1) is 0 Å². The summed E-state index contributed by atoms with van der Waals surface area (Å²) in [7, 11) is 3.95. The van der Waals surface area contributed by atoms with Gasteiger partial charge in [0.05, 0.1) is 5.02 Å². The molecule has 0 atom stereocenters. The van der Waals surface area contributed by atoms with E-state index >= 15 is 0 Å². The molecule has 1 heterocycles. The number of benzene rings is 1. The van der Waals surface area contributed by atoms with Crippen molar-refractivity contribution in [3.05, 3.63) is 58.3 Å². The Morgan fingerprint density at radius 3 is 2.35 bits per heavy atom. The number of aromatic nitrogens is 1. The first-order chi connectivity index (χ1) is 9.47. The summed E-state index contributed by atoms with van der Waals surface area (Å²) in [6, 6.07) is 8.88. The van der Waals surface area contributed by atoms with E-state index in [-0.39, 0.29) is 5.76 Å². The molecule has 2 rings (SSSR count). The normalized spacial score (nSPS) is 11.5. The fraction of sp³-hybridized carbons (Fsp3) is 0.133. The number of pyridine rings is 1. The highest BCUT2D eigenvalue weighted by molar-refractivity contribution is 6.35. The lowest BCUT2D eigenvalue weighted by Crippen LogP contribution is -2.25. The van der Waals surface area contributed by atoms with Crippen molar-refractivity contribution < 1.29 is 9.67 Å². The van der Waals surface area contributed by atoms with Gasteiger partial charge in [-0.1, -0.05) is 23.2 Å². The molecule has 20 heavy (non-hydrogen) atoms. The van der Waals surface area contributed by atoms with E-state index in [1.165, 1.54) is 0 Å². The van der Waals surface area contributed by atoms with Crippen LogP contribution in [0.1, 0.15) is 5.56 Å². The van der Waals surface area contributed by atoms with Gasteiger partial charge >= 0.3 is 0 Å². The Bertz CT molecular complexity index is 637. The Kier molecular flexibility index (Phi) is 4.53. The maximum absolute atomic E-state index is 10.1. The monoisotopic (exact) mass is 309 g/mol. The van der Waals surface area contributed by atoms with E-state index in [0.29, 0.717) is 15.6 Å². The average Bonchev–Trinajstić information content (AvgIpc) is 2.39. The van der Waals surface area contributed by atoms with Crippen LogP contribution >= 0.6 is 23.2 Å². The summed E-state index contributed by atoms with van der Waals surface area (Å²) >= 11 is 11.9. The molecule has 1 aromatic heterocycles. The molecule has 1 N–H and O–H groups in total. The molecule has 0 radical (unpaired) electrons. The van der Waals surface area contributed by atoms with Crippen molar-refractivity contribution in [3.8, 4) is 0 Å². The van der Waals surface area contributed by atoms with E-state index in [2.05, 4.69) is 0 Å². The predicted molar refractivity (Wildman–Crippen MR) is 84.2 cm³/mol. The standard InChI is InChI=1S/C15H14Cl2N2O/c1-18(2)12-5-7-19(8-6-12)10-15(20)13-4-3-11(16)9-14(13)17/h3-10H,1-2H3/p+1/b15-10+. The van der Waals surface area contributed by atoms with Crippen molar-refractivity contribution in [2.75, 3.05) is 19.0 Å². The summed E-state index contributed by atoms with van der Waals surface area (Å²) < 4.78 is 1.76. The van der Waals surface area contributed by atoms with Crippen LogP contribution in [0.5, 0.6) is 0 Å². The highest BCUT2D eigenvalue weighted by atomic mass is 35.5. The van der Waals surface area contributed by atoms with Gasteiger partial charge in [0.2, 0.25) is 6.20 Å². The lowest BCUT2D eigenvalue weighted by Gasteiger charge is -2.09. The maximum atomic E-state index is 10.1. The van der Waals surface area contributed by atoms with E-state index in [1.54, 1.807) is 29.0 Å². The molecule has 0 fully saturated rings. The van der Waals surface area contributed by atoms with Crippen LogP contribution in [0.2, 0.25) is 10.0 Å². The molecule has 0 amide bonds. The summed E-state index contributed by atoms with van der Waals surface area (Å²) in [6.07, 6.45) is 5.30. The Hall–Kier alpha value is -1.71. The molecule has 0 aliphatic carbocycles. The van der Waals surface area contributed by atoms with Gasteiger partial charge in [0.15, 0.2) is 18.2 Å². The average molecular weight is 310 g/mol. The summed E-state index contributed by atoms with van der Waals surface area (Å²) in [4.78, 5) is 2.00. The first-order valence-corrected chi connectivity index (χ1v) is 6.77. The zero-order chi connectivity index (χ0) is 14.7. The van der Waals surface area contributed by atoms with Gasteiger partial charge < -0.3 is 10.0 Å². The maximum Gasteiger partial charge on any atom is 0.217 e.